The highest BCUT2D eigenvalue weighted by molar-refractivity contribution is 5.96. The topological polar surface area (TPSA) is 74.8 Å². The molecule has 0 spiro atoms. The van der Waals surface area contributed by atoms with Crippen molar-refractivity contribution < 1.29 is 0 Å². The van der Waals surface area contributed by atoms with Gasteiger partial charge in [-0.05, 0) is 23.1 Å². The monoisotopic (exact) mass is 236 g/mol. The molecule has 0 unspecified atom stereocenters. The van der Waals surface area contributed by atoms with Gasteiger partial charge in [0, 0.05) is 34.5 Å². The third kappa shape index (κ3) is 2.54. The lowest BCUT2D eigenvalue weighted by atomic mass is 10.0. The van der Waals surface area contributed by atoms with Gasteiger partial charge in [-0.15, -0.1) is 0 Å². The third-order valence-electron chi connectivity index (χ3n) is 2.58. The second kappa shape index (κ2) is 5.62. The molecule has 0 amide bonds. The second-order valence-corrected chi connectivity index (χ2v) is 3.75. The van der Waals surface area contributed by atoms with Crippen molar-refractivity contribution in [2.24, 2.45) is 5.11 Å². The number of nitrogens with zero attached hydrogens (tertiary/aromatic N) is 3. The summed E-state index contributed by atoms with van der Waals surface area (Å²) >= 11 is 0. The van der Waals surface area contributed by atoms with Crippen LogP contribution in [0.25, 0.3) is 21.2 Å². The molecule has 4 nitrogen and oxygen atoms in total. The maximum absolute atomic E-state index is 8.15. The Hall–Kier alpha value is -2.63. The summed E-state index contributed by atoms with van der Waals surface area (Å²) in [6, 6.07) is 11.7. The van der Waals surface area contributed by atoms with E-state index < -0.39 is 0 Å². The molecule has 4 heteroatoms. The molecule has 0 radical (unpaired) electrons. The van der Waals surface area contributed by atoms with Gasteiger partial charge >= 0.3 is 0 Å². The first kappa shape index (κ1) is 11.8. The molecule has 0 saturated heterocycles. The summed E-state index contributed by atoms with van der Waals surface area (Å²) in [5.41, 5.74) is 15.8. The fourth-order valence-corrected chi connectivity index (χ4v) is 1.74. The number of fused-ring (bicyclic) bond motifs is 1. The van der Waals surface area contributed by atoms with E-state index in [1.807, 2.05) is 36.4 Å². The highest BCUT2D eigenvalue weighted by Gasteiger charge is 2.00. The highest BCUT2D eigenvalue weighted by atomic mass is 15.1. The Morgan fingerprint density at radius 2 is 1.94 bits per heavy atom. The van der Waals surface area contributed by atoms with Crippen LogP contribution in [0, 0.1) is 11.8 Å². The molecule has 0 aliphatic carbocycles. The SMILES string of the molecule is [N-]=[N+]=NCCC#Cc1ccc(N)c2ccccc12. The van der Waals surface area contributed by atoms with Gasteiger partial charge in [0.05, 0.1) is 0 Å². The third-order valence-corrected chi connectivity index (χ3v) is 2.58. The zero-order valence-electron chi connectivity index (χ0n) is 9.80. The standard InChI is InChI=1S/C14H12N4/c15-14-9-8-11(5-3-4-10-17-18-16)12-6-1-2-7-13(12)14/h1-2,6-9H,4,10,15H2. The first-order valence-electron chi connectivity index (χ1n) is 5.60. The van der Waals surface area contributed by atoms with E-state index in [4.69, 9.17) is 11.3 Å². The van der Waals surface area contributed by atoms with Crippen LogP contribution in [0.5, 0.6) is 0 Å². The zero-order valence-corrected chi connectivity index (χ0v) is 9.80. The molecule has 0 bridgehead atoms. The van der Waals surface area contributed by atoms with Crippen molar-refractivity contribution in [1.29, 1.82) is 0 Å². The molecule has 88 valence electrons. The van der Waals surface area contributed by atoms with Crippen LogP contribution in [0.4, 0.5) is 5.69 Å². The van der Waals surface area contributed by atoms with Gasteiger partial charge in [-0.25, -0.2) is 0 Å². The Kier molecular flexibility index (Phi) is 3.70. The number of hydrogen-bond donors (Lipinski definition) is 1. The maximum atomic E-state index is 8.15. The van der Waals surface area contributed by atoms with Gasteiger partial charge in [0.1, 0.15) is 0 Å². The minimum Gasteiger partial charge on any atom is -0.398 e. The molecule has 0 aromatic heterocycles. The van der Waals surface area contributed by atoms with E-state index in [1.165, 1.54) is 0 Å². The fraction of sp³-hybridized carbons (Fsp3) is 0.143. The average molecular weight is 236 g/mol. The van der Waals surface area contributed by atoms with Crippen LogP contribution in [0.15, 0.2) is 41.5 Å². The molecular formula is C14H12N4. The minimum atomic E-state index is 0.399. The number of rotatable bonds is 2. The van der Waals surface area contributed by atoms with Crippen molar-refractivity contribution in [2.45, 2.75) is 6.42 Å². The van der Waals surface area contributed by atoms with Crippen LogP contribution in [0.3, 0.4) is 0 Å². The Morgan fingerprint density at radius 1 is 1.17 bits per heavy atom. The second-order valence-electron chi connectivity index (χ2n) is 3.75. The molecule has 0 aliphatic heterocycles. The summed E-state index contributed by atoms with van der Waals surface area (Å²) < 4.78 is 0. The van der Waals surface area contributed by atoms with Crippen LogP contribution < -0.4 is 5.73 Å². The number of anilines is 1. The van der Waals surface area contributed by atoms with Gasteiger partial charge in [0.2, 0.25) is 0 Å². The lowest BCUT2D eigenvalue weighted by molar-refractivity contribution is 1.01. The zero-order chi connectivity index (χ0) is 12.8. The Bertz CT molecular complexity index is 673. The van der Waals surface area contributed by atoms with Crippen LogP contribution >= 0.6 is 0 Å². The fourth-order valence-electron chi connectivity index (χ4n) is 1.74. The molecule has 0 saturated carbocycles. The molecule has 0 atom stereocenters. The Morgan fingerprint density at radius 3 is 2.72 bits per heavy atom. The van der Waals surface area contributed by atoms with E-state index in [-0.39, 0.29) is 0 Å². The van der Waals surface area contributed by atoms with E-state index in [0.717, 1.165) is 22.0 Å². The molecule has 2 N–H and O–H groups in total. The quantitative estimate of drug-likeness (QED) is 0.213. The smallest absolute Gasteiger partial charge is 0.0394 e. The normalized spacial score (nSPS) is 9.33. The summed E-state index contributed by atoms with van der Waals surface area (Å²) in [6.45, 7) is 0.399. The summed E-state index contributed by atoms with van der Waals surface area (Å²) in [4.78, 5) is 2.68. The van der Waals surface area contributed by atoms with Crippen molar-refractivity contribution in [1.82, 2.24) is 0 Å². The van der Waals surface area contributed by atoms with Gasteiger partial charge in [-0.2, -0.15) is 0 Å². The van der Waals surface area contributed by atoms with Gasteiger partial charge in [-0.1, -0.05) is 41.2 Å². The van der Waals surface area contributed by atoms with E-state index in [9.17, 15) is 0 Å². The van der Waals surface area contributed by atoms with E-state index in [0.29, 0.717) is 13.0 Å². The molecule has 0 aliphatic rings. The van der Waals surface area contributed by atoms with Crippen LogP contribution in [-0.4, -0.2) is 6.54 Å². The van der Waals surface area contributed by atoms with Crippen molar-refractivity contribution in [2.75, 3.05) is 12.3 Å². The number of nitrogen functional groups attached to an aromatic ring is 1. The molecule has 18 heavy (non-hydrogen) atoms. The van der Waals surface area contributed by atoms with Crippen molar-refractivity contribution in [3.63, 3.8) is 0 Å². The van der Waals surface area contributed by atoms with Crippen molar-refractivity contribution in [3.8, 4) is 11.8 Å². The number of nitrogens with two attached hydrogens (primary N) is 1. The molecule has 0 fully saturated rings. The minimum absolute atomic E-state index is 0.399. The summed E-state index contributed by atoms with van der Waals surface area (Å²) in [5, 5.41) is 5.50. The number of hydrogen-bond acceptors (Lipinski definition) is 2. The van der Waals surface area contributed by atoms with Gasteiger partial charge in [0.15, 0.2) is 0 Å². The molecule has 2 aromatic carbocycles. The predicted molar refractivity (Wildman–Crippen MR) is 73.9 cm³/mol. The Balaban J connectivity index is 2.34. The lowest BCUT2D eigenvalue weighted by Gasteiger charge is -2.03. The van der Waals surface area contributed by atoms with E-state index in [1.54, 1.807) is 0 Å². The number of benzene rings is 2. The largest absolute Gasteiger partial charge is 0.398 e. The van der Waals surface area contributed by atoms with Crippen LogP contribution in [0.2, 0.25) is 0 Å². The highest BCUT2D eigenvalue weighted by Crippen LogP contribution is 2.23. The maximum Gasteiger partial charge on any atom is 0.0394 e. The molecule has 2 aromatic rings. The first-order valence-corrected chi connectivity index (χ1v) is 5.60. The van der Waals surface area contributed by atoms with Gasteiger partial charge in [-0.3, -0.25) is 0 Å². The van der Waals surface area contributed by atoms with Crippen molar-refractivity contribution >= 4 is 16.5 Å². The Labute approximate surface area is 105 Å². The van der Waals surface area contributed by atoms with Gasteiger partial charge in [0.25, 0.3) is 0 Å². The van der Waals surface area contributed by atoms with E-state index >= 15 is 0 Å². The molecule has 0 heterocycles. The van der Waals surface area contributed by atoms with Gasteiger partial charge < -0.3 is 5.73 Å². The average Bonchev–Trinajstić information content (AvgIpc) is 2.41. The summed E-state index contributed by atoms with van der Waals surface area (Å²) in [7, 11) is 0. The van der Waals surface area contributed by atoms with E-state index in [2.05, 4.69) is 21.9 Å². The predicted octanol–water partition coefficient (Wildman–Crippen LogP) is 3.47. The first-order chi connectivity index (χ1) is 8.83. The van der Waals surface area contributed by atoms with Crippen LogP contribution in [0.1, 0.15) is 12.0 Å². The molecule has 2 rings (SSSR count). The van der Waals surface area contributed by atoms with Crippen LogP contribution in [-0.2, 0) is 0 Å². The summed E-state index contributed by atoms with van der Waals surface area (Å²) in [6.07, 6.45) is 0.558. The number of azide groups is 1. The lowest BCUT2D eigenvalue weighted by Crippen LogP contribution is -1.88. The summed E-state index contributed by atoms with van der Waals surface area (Å²) in [5.74, 6) is 6.08. The molecular weight excluding hydrogens is 224 g/mol. The van der Waals surface area contributed by atoms with Crippen molar-refractivity contribution in [3.05, 3.63) is 52.4 Å².